The Hall–Kier alpha value is -2.62. The minimum atomic E-state index is -0.422. The van der Waals surface area contributed by atoms with E-state index in [4.69, 9.17) is 5.73 Å². The summed E-state index contributed by atoms with van der Waals surface area (Å²) in [7, 11) is 2.10. The quantitative estimate of drug-likeness (QED) is 0.503. The third-order valence-electron chi connectivity index (χ3n) is 6.03. The van der Waals surface area contributed by atoms with E-state index < -0.39 is 5.91 Å². The molecule has 1 aromatic carbocycles. The lowest BCUT2D eigenvalue weighted by atomic mass is 10.1. The second kappa shape index (κ2) is 12.2. The molecule has 1 fully saturated rings. The number of nitrogens with one attached hydrogen (secondary N) is 3. The van der Waals surface area contributed by atoms with Gasteiger partial charge in [0.2, 0.25) is 0 Å². The molecule has 2 aliphatic heterocycles. The normalized spacial score (nSPS) is 18.4. The van der Waals surface area contributed by atoms with E-state index in [0.717, 1.165) is 61.4 Å². The van der Waals surface area contributed by atoms with Crippen molar-refractivity contribution in [2.24, 2.45) is 10.7 Å². The molecule has 1 saturated heterocycles. The number of aliphatic imine (C=N–C) groups is 1. The van der Waals surface area contributed by atoms with Crippen LogP contribution in [0, 0.1) is 6.92 Å². The smallest absolute Gasteiger partial charge is 0.276 e. The number of piperidine rings is 1. The highest BCUT2D eigenvalue weighted by molar-refractivity contribution is 8.15. The first-order chi connectivity index (χ1) is 16.3. The second-order valence-corrected chi connectivity index (χ2v) is 9.84. The summed E-state index contributed by atoms with van der Waals surface area (Å²) in [6, 6.07) is 7.95. The van der Waals surface area contributed by atoms with Crippen molar-refractivity contribution >= 4 is 39.5 Å². The average Bonchev–Trinajstić information content (AvgIpc) is 3.25. The number of H-pyrrole nitrogens is 1. The fourth-order valence-corrected chi connectivity index (χ4v) is 4.85. The van der Waals surface area contributed by atoms with Gasteiger partial charge in [-0.25, -0.2) is 4.99 Å². The molecule has 1 aromatic heterocycles. The van der Waals surface area contributed by atoms with Crippen molar-refractivity contribution in [2.45, 2.75) is 39.7 Å². The fourth-order valence-electron chi connectivity index (χ4n) is 3.84. The second-order valence-electron chi connectivity index (χ2n) is 8.88. The number of carbonyl (C=O) groups excluding carboxylic acids is 2. The van der Waals surface area contributed by atoms with Crippen molar-refractivity contribution in [2.75, 3.05) is 39.0 Å². The van der Waals surface area contributed by atoms with E-state index in [-0.39, 0.29) is 11.9 Å². The number of thioether (sulfide) groups is 1. The number of benzene rings is 1. The molecule has 2 aromatic rings. The van der Waals surface area contributed by atoms with Gasteiger partial charge in [-0.3, -0.25) is 9.59 Å². The van der Waals surface area contributed by atoms with E-state index in [1.54, 1.807) is 17.8 Å². The van der Waals surface area contributed by atoms with Crippen LogP contribution in [0.3, 0.4) is 0 Å². The Labute approximate surface area is 205 Å². The molecule has 2 amide bonds. The number of amides is 2. The number of rotatable bonds is 6. The summed E-state index contributed by atoms with van der Waals surface area (Å²) in [5.74, 6) is 0.426. The van der Waals surface area contributed by atoms with Crippen LogP contribution in [0.4, 0.5) is 0 Å². The maximum atomic E-state index is 12.3. The lowest BCUT2D eigenvalue weighted by Crippen LogP contribution is -2.47. The van der Waals surface area contributed by atoms with Gasteiger partial charge in [-0.05, 0) is 70.6 Å². The Bertz CT molecular complexity index is 1080. The van der Waals surface area contributed by atoms with Crippen LogP contribution < -0.4 is 16.4 Å². The van der Waals surface area contributed by atoms with Crippen LogP contribution in [0.25, 0.3) is 10.9 Å². The minimum Gasteiger partial charge on any atom is -0.364 e. The van der Waals surface area contributed by atoms with Crippen LogP contribution in [-0.2, 0) is 4.79 Å². The van der Waals surface area contributed by atoms with Crippen LogP contribution in [0.2, 0.25) is 0 Å². The van der Waals surface area contributed by atoms with Crippen LogP contribution >= 0.6 is 11.8 Å². The average molecular weight is 485 g/mol. The molecule has 2 aliphatic rings. The van der Waals surface area contributed by atoms with E-state index in [0.29, 0.717) is 10.7 Å². The molecule has 3 heterocycles. The highest BCUT2D eigenvalue weighted by atomic mass is 32.2. The van der Waals surface area contributed by atoms with E-state index >= 15 is 0 Å². The third-order valence-corrected chi connectivity index (χ3v) is 7.08. The molecule has 5 N–H and O–H groups in total. The predicted octanol–water partition coefficient (Wildman–Crippen LogP) is 2.80. The molecular weight excluding hydrogens is 448 g/mol. The van der Waals surface area contributed by atoms with Crippen LogP contribution in [0.15, 0.2) is 40.5 Å². The number of hydrogen-bond donors (Lipinski definition) is 4. The molecule has 8 nitrogen and oxygen atoms in total. The Morgan fingerprint density at radius 2 is 2.09 bits per heavy atom. The highest BCUT2D eigenvalue weighted by Gasteiger charge is 2.22. The van der Waals surface area contributed by atoms with Gasteiger partial charge in [0.1, 0.15) is 5.69 Å². The van der Waals surface area contributed by atoms with Gasteiger partial charge in [-0.2, -0.15) is 0 Å². The van der Waals surface area contributed by atoms with Crippen molar-refractivity contribution in [3.8, 4) is 0 Å². The van der Waals surface area contributed by atoms with Crippen LogP contribution in [0.1, 0.15) is 42.7 Å². The maximum Gasteiger partial charge on any atom is 0.276 e. The van der Waals surface area contributed by atoms with Gasteiger partial charge >= 0.3 is 0 Å². The summed E-state index contributed by atoms with van der Waals surface area (Å²) < 4.78 is 0. The van der Waals surface area contributed by atoms with Gasteiger partial charge in [0.05, 0.1) is 0 Å². The number of nitrogens with two attached hydrogens (primary N) is 1. The van der Waals surface area contributed by atoms with Crippen molar-refractivity contribution in [1.82, 2.24) is 20.5 Å². The van der Waals surface area contributed by atoms with E-state index in [2.05, 4.69) is 39.5 Å². The third kappa shape index (κ3) is 7.19. The topological polar surface area (TPSA) is 116 Å². The zero-order valence-corrected chi connectivity index (χ0v) is 21.3. The van der Waals surface area contributed by atoms with Gasteiger partial charge in [-0.15, -0.1) is 0 Å². The Morgan fingerprint density at radius 1 is 1.29 bits per heavy atom. The maximum absolute atomic E-state index is 12.3. The molecule has 0 radical (unpaired) electrons. The lowest BCUT2D eigenvalue weighted by Gasteiger charge is -2.25. The molecule has 0 spiro atoms. The van der Waals surface area contributed by atoms with Gasteiger partial charge in [0.25, 0.3) is 11.8 Å². The Balaban J connectivity index is 0.000000212. The Kier molecular flexibility index (Phi) is 9.32. The number of nitrogens with zero attached hydrogens (tertiary/aromatic N) is 2. The summed E-state index contributed by atoms with van der Waals surface area (Å²) in [6.07, 6.45) is 2.18. The zero-order chi connectivity index (χ0) is 24.7. The number of likely N-dealkylation sites (N-methyl/N-ethyl adjacent to an activating group) is 1. The number of allylic oxidation sites excluding steroid dienone is 1. The first-order valence-corrected chi connectivity index (χ1v) is 12.7. The standard InChI is InChI=1S/C15H26N4OS.C10H10N2O/c1-4-19(3)9-12-10-21-15(17-11(12)2)14(20)18-13-6-5-7-16-8-13;1-6-2-3-8-7(4-6)5-9(12-8)10(11)13/h13,16H,4-10H2,1-3H3,(H,18,20);2-5,12H,1H3,(H2,11,13)/t13-;/m0./s1. The largest absolute Gasteiger partial charge is 0.364 e. The summed E-state index contributed by atoms with van der Waals surface area (Å²) >= 11 is 1.56. The van der Waals surface area contributed by atoms with Crippen LogP contribution in [-0.4, -0.2) is 71.8 Å². The number of aromatic amines is 1. The molecule has 0 unspecified atom stereocenters. The number of aryl methyl sites for hydroxylation is 1. The predicted molar refractivity (Wildman–Crippen MR) is 141 cm³/mol. The molecule has 34 heavy (non-hydrogen) atoms. The number of hydrogen-bond acceptors (Lipinski definition) is 6. The number of carbonyl (C=O) groups is 2. The monoisotopic (exact) mass is 484 g/mol. The summed E-state index contributed by atoms with van der Waals surface area (Å²) in [5, 5.41) is 8.03. The van der Waals surface area contributed by atoms with E-state index in [1.165, 1.54) is 11.1 Å². The number of fused-ring (bicyclic) bond motifs is 1. The molecular formula is C25H36N6O2S. The Morgan fingerprint density at radius 3 is 2.74 bits per heavy atom. The molecule has 0 saturated carbocycles. The molecule has 184 valence electrons. The SMILES string of the molecule is CCN(C)CC1=C(C)N=C(C(=O)N[C@H]2CCCNC2)SC1.Cc1ccc2[nH]c(C(N)=O)cc2c1. The van der Waals surface area contributed by atoms with Gasteiger partial charge in [0.15, 0.2) is 5.04 Å². The molecule has 0 bridgehead atoms. The number of primary amides is 1. The van der Waals surface area contributed by atoms with E-state index in [9.17, 15) is 9.59 Å². The summed E-state index contributed by atoms with van der Waals surface area (Å²) in [5.41, 5.74) is 10.0. The summed E-state index contributed by atoms with van der Waals surface area (Å²) in [4.78, 5) is 32.8. The van der Waals surface area contributed by atoms with Crippen molar-refractivity contribution < 1.29 is 9.59 Å². The van der Waals surface area contributed by atoms with Crippen molar-refractivity contribution in [3.63, 3.8) is 0 Å². The zero-order valence-electron chi connectivity index (χ0n) is 20.5. The van der Waals surface area contributed by atoms with Gasteiger partial charge in [-0.1, -0.05) is 30.3 Å². The first kappa shape index (κ1) is 26.0. The minimum absolute atomic E-state index is 0.0176. The summed E-state index contributed by atoms with van der Waals surface area (Å²) in [6.45, 7) is 10.0. The first-order valence-electron chi connectivity index (χ1n) is 11.8. The molecule has 4 rings (SSSR count). The molecule has 1 atom stereocenters. The van der Waals surface area contributed by atoms with Crippen LogP contribution in [0.5, 0.6) is 0 Å². The van der Waals surface area contributed by atoms with E-state index in [1.807, 2.05) is 32.0 Å². The van der Waals surface area contributed by atoms with Gasteiger partial charge in [0, 0.05) is 41.5 Å². The van der Waals surface area contributed by atoms with Crippen molar-refractivity contribution in [3.05, 3.63) is 46.8 Å². The fraction of sp³-hybridized carbons (Fsp3) is 0.480. The lowest BCUT2D eigenvalue weighted by molar-refractivity contribution is -0.115. The van der Waals surface area contributed by atoms with Gasteiger partial charge < -0.3 is 26.3 Å². The number of aromatic nitrogens is 1. The molecule has 9 heteroatoms. The molecule has 0 aliphatic carbocycles. The van der Waals surface area contributed by atoms with Crippen molar-refractivity contribution in [1.29, 1.82) is 0 Å². The highest BCUT2D eigenvalue weighted by Crippen LogP contribution is 2.23.